The van der Waals surface area contributed by atoms with Crippen LogP contribution in [0.2, 0.25) is 0 Å². The van der Waals surface area contributed by atoms with Crippen molar-refractivity contribution < 1.29 is 13.9 Å². The van der Waals surface area contributed by atoms with Crippen LogP contribution in [0.25, 0.3) is 11.3 Å². The van der Waals surface area contributed by atoms with Crippen LogP contribution in [0, 0.1) is 12.7 Å². The van der Waals surface area contributed by atoms with E-state index in [2.05, 4.69) is 9.88 Å². The maximum atomic E-state index is 13.5. The van der Waals surface area contributed by atoms with Gasteiger partial charge in [0.25, 0.3) is 5.91 Å². The van der Waals surface area contributed by atoms with Crippen molar-refractivity contribution in [2.75, 3.05) is 19.0 Å². The molecule has 2 heterocycles. The Balaban J connectivity index is 1.72. The third kappa shape index (κ3) is 3.93. The molecule has 6 nitrogen and oxygen atoms in total. The summed E-state index contributed by atoms with van der Waals surface area (Å²) in [5.74, 6) is 1.28. The molecule has 0 aliphatic carbocycles. The van der Waals surface area contributed by atoms with Gasteiger partial charge in [-0.25, -0.2) is 9.37 Å². The molecule has 1 unspecified atom stereocenters. The van der Waals surface area contributed by atoms with Gasteiger partial charge in [0.15, 0.2) is 0 Å². The molecule has 2 aromatic carbocycles. The van der Waals surface area contributed by atoms with Crippen molar-refractivity contribution in [3.8, 4) is 11.3 Å². The molecule has 30 heavy (non-hydrogen) atoms. The zero-order valence-corrected chi connectivity index (χ0v) is 17.4. The number of hydrogen-bond acceptors (Lipinski definition) is 4. The van der Waals surface area contributed by atoms with Crippen molar-refractivity contribution in [3.05, 3.63) is 65.7 Å². The van der Waals surface area contributed by atoms with Crippen LogP contribution in [0.3, 0.4) is 0 Å². The Kier molecular flexibility index (Phi) is 5.55. The summed E-state index contributed by atoms with van der Waals surface area (Å²) in [6.07, 6.45) is -0.492. The molecule has 0 spiro atoms. The normalized spacial score (nSPS) is 14.3. The van der Waals surface area contributed by atoms with Crippen molar-refractivity contribution >= 4 is 17.4 Å². The molecule has 4 rings (SSSR count). The summed E-state index contributed by atoms with van der Waals surface area (Å²) in [7, 11) is 1.53. The van der Waals surface area contributed by atoms with Crippen LogP contribution in [0.5, 0.6) is 0 Å². The summed E-state index contributed by atoms with van der Waals surface area (Å²) in [6.45, 7) is 5.37. The molecule has 0 fully saturated rings. The Hall–Kier alpha value is -3.19. The number of carbonyl (C=O) groups excluding carboxylic acids is 1. The van der Waals surface area contributed by atoms with Gasteiger partial charge in [0.05, 0.1) is 6.54 Å². The van der Waals surface area contributed by atoms with E-state index < -0.39 is 6.10 Å². The molecule has 156 valence electrons. The fraction of sp³-hybridized carbons (Fsp3) is 0.304. The lowest BCUT2D eigenvalue weighted by Gasteiger charge is -2.30. The molecule has 1 N–H and O–H groups in total. The third-order valence-corrected chi connectivity index (χ3v) is 5.42. The molecule has 0 bridgehead atoms. The number of rotatable bonds is 5. The molecular formula is C23H25FN4O2. The first kappa shape index (κ1) is 20.1. The quantitative estimate of drug-likeness (QED) is 0.690. The van der Waals surface area contributed by atoms with Gasteiger partial charge >= 0.3 is 0 Å². The molecule has 0 saturated carbocycles. The third-order valence-electron chi connectivity index (χ3n) is 5.42. The van der Waals surface area contributed by atoms with Crippen LogP contribution in [0.15, 0.2) is 48.5 Å². The molecule has 1 aliphatic heterocycles. The van der Waals surface area contributed by atoms with Crippen LogP contribution in [-0.2, 0) is 22.6 Å². The Morgan fingerprint density at radius 2 is 1.83 bits per heavy atom. The van der Waals surface area contributed by atoms with Crippen LogP contribution in [0.4, 0.5) is 15.9 Å². The fourth-order valence-corrected chi connectivity index (χ4v) is 3.59. The van der Waals surface area contributed by atoms with Crippen LogP contribution < -0.4 is 5.32 Å². The van der Waals surface area contributed by atoms with Crippen molar-refractivity contribution in [3.63, 3.8) is 0 Å². The number of amides is 1. The summed E-state index contributed by atoms with van der Waals surface area (Å²) >= 11 is 0. The minimum atomic E-state index is -0.492. The number of hydrogen-bond donors (Lipinski definition) is 1. The van der Waals surface area contributed by atoms with E-state index in [0.29, 0.717) is 19.6 Å². The molecule has 0 saturated heterocycles. The number of nitrogens with zero attached hydrogens (tertiary/aromatic N) is 3. The zero-order valence-electron chi connectivity index (χ0n) is 17.4. The summed E-state index contributed by atoms with van der Waals surface area (Å²) in [5.41, 5.74) is 3.67. The Morgan fingerprint density at radius 3 is 2.50 bits per heavy atom. The minimum absolute atomic E-state index is 0.0527. The summed E-state index contributed by atoms with van der Waals surface area (Å²) in [5, 5.41) is 3.48. The first-order valence-electron chi connectivity index (χ1n) is 9.97. The molecule has 1 amide bonds. The SMILES string of the molecule is COC(C)C(=O)N1CCn2c(nc(-c3ccc(F)cc3)c2Nc2ccc(C)cc2)C1. The van der Waals surface area contributed by atoms with E-state index in [4.69, 9.17) is 9.72 Å². The Labute approximate surface area is 175 Å². The predicted molar refractivity (Wildman–Crippen MR) is 114 cm³/mol. The van der Waals surface area contributed by atoms with E-state index >= 15 is 0 Å². The first-order chi connectivity index (χ1) is 14.5. The molecule has 1 atom stereocenters. The molecule has 7 heteroatoms. The van der Waals surface area contributed by atoms with E-state index in [1.807, 2.05) is 31.2 Å². The highest BCUT2D eigenvalue weighted by molar-refractivity contribution is 5.81. The fourth-order valence-electron chi connectivity index (χ4n) is 3.59. The second-order valence-corrected chi connectivity index (χ2v) is 7.51. The average Bonchev–Trinajstić information content (AvgIpc) is 3.12. The topological polar surface area (TPSA) is 59.4 Å². The van der Waals surface area contributed by atoms with Crippen LogP contribution in [0.1, 0.15) is 18.3 Å². The maximum Gasteiger partial charge on any atom is 0.251 e. The molecular weight excluding hydrogens is 383 g/mol. The minimum Gasteiger partial charge on any atom is -0.372 e. The molecule has 1 aromatic heterocycles. The van der Waals surface area contributed by atoms with E-state index in [-0.39, 0.29) is 11.7 Å². The van der Waals surface area contributed by atoms with Gasteiger partial charge in [-0.05, 0) is 50.2 Å². The molecule has 0 radical (unpaired) electrons. The van der Waals surface area contributed by atoms with E-state index in [9.17, 15) is 9.18 Å². The van der Waals surface area contributed by atoms with Gasteiger partial charge < -0.3 is 19.5 Å². The number of ether oxygens (including phenoxy) is 1. The first-order valence-corrected chi connectivity index (χ1v) is 9.97. The predicted octanol–water partition coefficient (Wildman–Crippen LogP) is 4.12. The monoisotopic (exact) mass is 408 g/mol. The number of methoxy groups -OCH3 is 1. The van der Waals surface area contributed by atoms with Crippen LogP contribution >= 0.6 is 0 Å². The van der Waals surface area contributed by atoms with Crippen molar-refractivity contribution in [1.29, 1.82) is 0 Å². The molecule has 3 aromatic rings. The number of fused-ring (bicyclic) bond motifs is 1. The average molecular weight is 408 g/mol. The maximum absolute atomic E-state index is 13.5. The summed E-state index contributed by atoms with van der Waals surface area (Å²) in [4.78, 5) is 19.2. The van der Waals surface area contributed by atoms with Gasteiger partial charge in [-0.2, -0.15) is 0 Å². The number of imidazole rings is 1. The number of anilines is 2. The number of aromatic nitrogens is 2. The second kappa shape index (κ2) is 8.28. The van der Waals surface area contributed by atoms with E-state index in [0.717, 1.165) is 28.6 Å². The molecule has 1 aliphatic rings. The standard InChI is InChI=1S/C23H25FN4O2/c1-15-4-10-19(11-5-15)25-22-21(17-6-8-18(24)9-7-17)26-20-14-27(12-13-28(20)22)23(29)16(2)30-3/h4-11,16,25H,12-14H2,1-3H3. The number of carbonyl (C=O) groups is 1. The Morgan fingerprint density at radius 1 is 1.13 bits per heavy atom. The van der Waals surface area contributed by atoms with Crippen molar-refractivity contribution in [2.45, 2.75) is 33.0 Å². The highest BCUT2D eigenvalue weighted by Crippen LogP contribution is 2.33. The van der Waals surface area contributed by atoms with Gasteiger partial charge in [-0.15, -0.1) is 0 Å². The van der Waals surface area contributed by atoms with Crippen LogP contribution in [-0.4, -0.2) is 40.1 Å². The number of halogens is 1. The smallest absolute Gasteiger partial charge is 0.251 e. The highest BCUT2D eigenvalue weighted by Gasteiger charge is 2.29. The zero-order chi connectivity index (χ0) is 21.3. The summed E-state index contributed by atoms with van der Waals surface area (Å²) < 4.78 is 20.7. The van der Waals surface area contributed by atoms with Crippen molar-refractivity contribution in [2.24, 2.45) is 0 Å². The van der Waals surface area contributed by atoms with E-state index in [1.165, 1.54) is 24.8 Å². The number of aryl methyl sites for hydroxylation is 1. The lowest BCUT2D eigenvalue weighted by molar-refractivity contribution is -0.142. The van der Waals surface area contributed by atoms with Crippen molar-refractivity contribution in [1.82, 2.24) is 14.5 Å². The lowest BCUT2D eigenvalue weighted by atomic mass is 10.1. The van der Waals surface area contributed by atoms with E-state index in [1.54, 1.807) is 24.0 Å². The Bertz CT molecular complexity index is 1040. The van der Waals surface area contributed by atoms with Gasteiger partial charge in [0.1, 0.15) is 29.3 Å². The second-order valence-electron chi connectivity index (χ2n) is 7.51. The largest absolute Gasteiger partial charge is 0.372 e. The summed E-state index contributed by atoms with van der Waals surface area (Å²) in [6, 6.07) is 14.4. The van der Waals surface area contributed by atoms with Gasteiger partial charge in [0, 0.05) is 31.5 Å². The highest BCUT2D eigenvalue weighted by atomic mass is 19.1. The number of benzene rings is 2. The van der Waals surface area contributed by atoms with Gasteiger partial charge in [0.2, 0.25) is 0 Å². The lowest BCUT2D eigenvalue weighted by Crippen LogP contribution is -2.43. The number of nitrogens with one attached hydrogen (secondary N) is 1. The van der Waals surface area contributed by atoms with Gasteiger partial charge in [-0.3, -0.25) is 4.79 Å². The van der Waals surface area contributed by atoms with Gasteiger partial charge in [-0.1, -0.05) is 17.7 Å².